The summed E-state index contributed by atoms with van der Waals surface area (Å²) in [7, 11) is 0.344. The molecule has 1 unspecified atom stereocenters. The summed E-state index contributed by atoms with van der Waals surface area (Å²) in [5, 5.41) is 2.93. The van der Waals surface area contributed by atoms with Gasteiger partial charge in [-0.15, -0.1) is 0 Å². The molecular weight excluding hydrogens is 412 g/mol. The molecule has 2 aromatic rings. The van der Waals surface area contributed by atoms with Gasteiger partial charge < -0.3 is 19.4 Å². The van der Waals surface area contributed by atoms with E-state index in [2.05, 4.69) is 24.1 Å². The van der Waals surface area contributed by atoms with Crippen molar-refractivity contribution >= 4 is 16.7 Å². The van der Waals surface area contributed by atoms with Crippen LogP contribution in [0.25, 0.3) is 0 Å². The SMILES string of the molecule is CCCCN(CCCC)CCCNC(=O)c1ccc(CS(=O)c2ccc(OC)cc2)o1. The van der Waals surface area contributed by atoms with Gasteiger partial charge in [-0.3, -0.25) is 9.00 Å². The third-order valence-electron chi connectivity index (χ3n) is 5.07. The summed E-state index contributed by atoms with van der Waals surface area (Å²) in [5.41, 5.74) is 0. The highest BCUT2D eigenvalue weighted by Gasteiger charge is 2.14. The number of unbranched alkanes of at least 4 members (excludes halogenated alkanes) is 2. The molecule has 1 amide bonds. The quantitative estimate of drug-likeness (QED) is 0.403. The second-order valence-electron chi connectivity index (χ2n) is 7.59. The molecule has 1 heterocycles. The second kappa shape index (κ2) is 14.0. The molecule has 1 N–H and O–H groups in total. The Morgan fingerprint density at radius 3 is 2.26 bits per heavy atom. The molecule has 0 aliphatic carbocycles. The zero-order valence-corrected chi connectivity index (χ0v) is 19.8. The van der Waals surface area contributed by atoms with Gasteiger partial charge in [-0.25, -0.2) is 0 Å². The van der Waals surface area contributed by atoms with Crippen molar-refractivity contribution in [2.45, 2.75) is 56.6 Å². The van der Waals surface area contributed by atoms with Crippen LogP contribution in [0.15, 0.2) is 45.7 Å². The zero-order chi connectivity index (χ0) is 22.5. The number of hydrogen-bond donors (Lipinski definition) is 1. The van der Waals surface area contributed by atoms with Crippen LogP contribution in [0.5, 0.6) is 5.75 Å². The molecule has 0 bridgehead atoms. The maximum Gasteiger partial charge on any atom is 0.286 e. The number of nitrogens with one attached hydrogen (secondary N) is 1. The Morgan fingerprint density at radius 2 is 1.65 bits per heavy atom. The molecule has 31 heavy (non-hydrogen) atoms. The van der Waals surface area contributed by atoms with E-state index < -0.39 is 10.8 Å². The minimum Gasteiger partial charge on any atom is -0.497 e. The summed E-state index contributed by atoms with van der Waals surface area (Å²) in [6, 6.07) is 10.5. The van der Waals surface area contributed by atoms with Crippen LogP contribution in [0, 0.1) is 0 Å². The molecule has 0 saturated heterocycles. The van der Waals surface area contributed by atoms with E-state index in [1.165, 1.54) is 25.7 Å². The third kappa shape index (κ3) is 8.87. The second-order valence-corrected chi connectivity index (χ2v) is 9.04. The van der Waals surface area contributed by atoms with E-state index in [1.54, 1.807) is 43.5 Å². The van der Waals surface area contributed by atoms with Crippen molar-refractivity contribution in [2.75, 3.05) is 33.3 Å². The first kappa shape index (κ1) is 25.1. The van der Waals surface area contributed by atoms with E-state index in [0.717, 1.165) is 31.8 Å². The molecule has 1 aromatic carbocycles. The summed E-state index contributed by atoms with van der Waals surface area (Å²) in [5.74, 6) is 1.51. The highest BCUT2D eigenvalue weighted by molar-refractivity contribution is 7.84. The van der Waals surface area contributed by atoms with E-state index in [4.69, 9.17) is 9.15 Å². The lowest BCUT2D eigenvalue weighted by Gasteiger charge is -2.21. The van der Waals surface area contributed by atoms with Gasteiger partial charge in [0.25, 0.3) is 5.91 Å². The first-order valence-corrected chi connectivity index (χ1v) is 12.5. The molecule has 1 atom stereocenters. The summed E-state index contributed by atoms with van der Waals surface area (Å²) in [6.07, 6.45) is 5.73. The molecule has 0 aliphatic heterocycles. The summed E-state index contributed by atoms with van der Waals surface area (Å²) in [4.78, 5) is 15.5. The number of amides is 1. The number of rotatable bonds is 15. The predicted molar refractivity (Wildman–Crippen MR) is 125 cm³/mol. The van der Waals surface area contributed by atoms with Crippen LogP contribution in [0.3, 0.4) is 0 Å². The highest BCUT2D eigenvalue weighted by Crippen LogP contribution is 2.18. The first-order chi connectivity index (χ1) is 15.1. The summed E-state index contributed by atoms with van der Waals surface area (Å²) in [6.45, 7) is 8.27. The number of hydrogen-bond acceptors (Lipinski definition) is 5. The van der Waals surface area contributed by atoms with Gasteiger partial charge in [0.1, 0.15) is 11.5 Å². The van der Waals surface area contributed by atoms with Crippen LogP contribution in [0.1, 0.15) is 62.3 Å². The molecule has 2 rings (SSSR count). The highest BCUT2D eigenvalue weighted by atomic mass is 32.2. The average molecular weight is 449 g/mol. The van der Waals surface area contributed by atoms with Crippen LogP contribution < -0.4 is 10.1 Å². The minimum atomic E-state index is -1.25. The van der Waals surface area contributed by atoms with E-state index in [0.29, 0.717) is 17.2 Å². The van der Waals surface area contributed by atoms with Crippen molar-refractivity contribution in [3.05, 3.63) is 47.9 Å². The van der Waals surface area contributed by atoms with Crippen LogP contribution >= 0.6 is 0 Å². The molecule has 6 nitrogen and oxygen atoms in total. The minimum absolute atomic E-state index is 0.226. The van der Waals surface area contributed by atoms with E-state index in [1.807, 2.05) is 0 Å². The van der Waals surface area contributed by atoms with Gasteiger partial charge in [0.2, 0.25) is 0 Å². The van der Waals surface area contributed by atoms with Crippen molar-refractivity contribution in [1.29, 1.82) is 0 Å². The number of ether oxygens (including phenoxy) is 1. The lowest BCUT2D eigenvalue weighted by molar-refractivity contribution is 0.0922. The van der Waals surface area contributed by atoms with E-state index >= 15 is 0 Å². The van der Waals surface area contributed by atoms with Gasteiger partial charge in [0, 0.05) is 11.4 Å². The van der Waals surface area contributed by atoms with Crippen molar-refractivity contribution in [3.63, 3.8) is 0 Å². The number of benzene rings is 1. The third-order valence-corrected chi connectivity index (χ3v) is 6.42. The largest absolute Gasteiger partial charge is 0.497 e. The van der Waals surface area contributed by atoms with Crippen LogP contribution in [0.2, 0.25) is 0 Å². The molecule has 0 fully saturated rings. The number of carbonyl (C=O) groups is 1. The lowest BCUT2D eigenvalue weighted by atomic mass is 10.2. The van der Waals surface area contributed by atoms with Gasteiger partial charge in [-0.2, -0.15) is 0 Å². The molecule has 0 spiro atoms. The van der Waals surface area contributed by atoms with Gasteiger partial charge in [0.05, 0.1) is 23.7 Å². The van der Waals surface area contributed by atoms with E-state index in [9.17, 15) is 9.00 Å². The Bertz CT molecular complexity index is 796. The summed E-state index contributed by atoms with van der Waals surface area (Å²) < 4.78 is 23.3. The Hall–Kier alpha value is -2.12. The maximum absolute atomic E-state index is 12.5. The van der Waals surface area contributed by atoms with Crippen LogP contribution in [0.4, 0.5) is 0 Å². The molecule has 0 saturated carbocycles. The van der Waals surface area contributed by atoms with Gasteiger partial charge >= 0.3 is 0 Å². The van der Waals surface area contributed by atoms with Crippen molar-refractivity contribution < 1.29 is 18.2 Å². The Labute approximate surface area is 188 Å². The standard InChI is InChI=1S/C24H36N2O4S/c1-4-6-16-26(17-7-5-2)18-8-15-25-24(27)23-14-11-21(30-23)19-31(28)22-12-9-20(29-3)10-13-22/h9-14H,4-8,15-19H2,1-3H3,(H,25,27). The van der Waals surface area contributed by atoms with Gasteiger partial charge in [-0.1, -0.05) is 26.7 Å². The first-order valence-electron chi connectivity index (χ1n) is 11.2. The molecule has 7 heteroatoms. The van der Waals surface area contributed by atoms with Crippen molar-refractivity contribution in [1.82, 2.24) is 10.2 Å². The zero-order valence-electron chi connectivity index (χ0n) is 19.0. The fraction of sp³-hybridized carbons (Fsp3) is 0.542. The fourth-order valence-corrected chi connectivity index (χ4v) is 4.23. The smallest absolute Gasteiger partial charge is 0.286 e. The average Bonchev–Trinajstić information content (AvgIpc) is 3.26. The predicted octanol–water partition coefficient (Wildman–Crippen LogP) is 4.62. The topological polar surface area (TPSA) is 71.8 Å². The molecule has 0 radical (unpaired) electrons. The lowest BCUT2D eigenvalue weighted by Crippen LogP contribution is -2.31. The number of carbonyl (C=O) groups excluding carboxylic acids is 1. The molecular formula is C24H36N2O4S. The van der Waals surface area contributed by atoms with Gasteiger partial charge in [-0.05, 0) is 75.3 Å². The normalized spacial score (nSPS) is 12.1. The number of methoxy groups -OCH3 is 1. The fourth-order valence-electron chi connectivity index (χ4n) is 3.21. The molecule has 172 valence electrons. The number of nitrogens with zero attached hydrogens (tertiary/aromatic N) is 1. The maximum atomic E-state index is 12.5. The van der Waals surface area contributed by atoms with Crippen LogP contribution in [-0.2, 0) is 16.6 Å². The van der Waals surface area contributed by atoms with Crippen LogP contribution in [-0.4, -0.2) is 48.3 Å². The summed E-state index contributed by atoms with van der Waals surface area (Å²) >= 11 is 0. The molecule has 1 aromatic heterocycles. The monoisotopic (exact) mass is 448 g/mol. The molecule has 0 aliphatic rings. The van der Waals surface area contributed by atoms with Gasteiger partial charge in [0.15, 0.2) is 5.76 Å². The van der Waals surface area contributed by atoms with Crippen molar-refractivity contribution in [2.24, 2.45) is 0 Å². The Balaban J connectivity index is 1.77. The van der Waals surface area contributed by atoms with Crippen molar-refractivity contribution in [3.8, 4) is 5.75 Å². The van der Waals surface area contributed by atoms with E-state index in [-0.39, 0.29) is 17.4 Å². The Kier molecular flexibility index (Phi) is 11.4. The Morgan fingerprint density at radius 1 is 1.00 bits per heavy atom. The number of furan rings is 1.